The molecular formula is C12H5BrN4O2. The molecule has 2 rings (SSSR count). The quantitative estimate of drug-likeness (QED) is 0.913. The van der Waals surface area contributed by atoms with E-state index in [4.69, 9.17) is 10.5 Å². The SMILES string of the molecule is N#Cc1ncn(-c2ccc(Br)cc2C(=O)O)c1C#N. The van der Waals surface area contributed by atoms with Gasteiger partial charge in [0, 0.05) is 4.47 Å². The van der Waals surface area contributed by atoms with E-state index >= 15 is 0 Å². The summed E-state index contributed by atoms with van der Waals surface area (Å²) >= 11 is 3.19. The molecule has 0 aliphatic carbocycles. The molecule has 0 aliphatic rings. The Hall–Kier alpha value is -2.64. The first-order chi connectivity index (χ1) is 9.08. The molecule has 92 valence electrons. The highest BCUT2D eigenvalue weighted by Gasteiger charge is 2.17. The summed E-state index contributed by atoms with van der Waals surface area (Å²) in [5.41, 5.74) is 0.253. The third kappa shape index (κ3) is 2.19. The molecule has 6 nitrogen and oxygen atoms in total. The molecule has 19 heavy (non-hydrogen) atoms. The highest BCUT2D eigenvalue weighted by atomic mass is 79.9. The zero-order valence-corrected chi connectivity index (χ0v) is 10.9. The fraction of sp³-hybridized carbons (Fsp3) is 0. The maximum atomic E-state index is 11.2. The Bertz CT molecular complexity index is 752. The minimum absolute atomic E-state index is 0.00678. The van der Waals surface area contributed by atoms with Crippen LogP contribution in [0.4, 0.5) is 0 Å². The largest absolute Gasteiger partial charge is 0.478 e. The van der Waals surface area contributed by atoms with Crippen LogP contribution in [0, 0.1) is 22.7 Å². The van der Waals surface area contributed by atoms with Crippen LogP contribution in [0.5, 0.6) is 0 Å². The number of benzene rings is 1. The zero-order valence-electron chi connectivity index (χ0n) is 9.33. The summed E-state index contributed by atoms with van der Waals surface area (Å²) in [7, 11) is 0. The summed E-state index contributed by atoms with van der Waals surface area (Å²) in [5, 5.41) is 27.1. The van der Waals surface area contributed by atoms with Gasteiger partial charge in [-0.3, -0.25) is 4.57 Å². The molecule has 0 fully saturated rings. The molecule has 0 saturated carbocycles. The number of hydrogen-bond acceptors (Lipinski definition) is 4. The number of rotatable bonds is 2. The van der Waals surface area contributed by atoms with Crippen molar-refractivity contribution < 1.29 is 9.90 Å². The standard InChI is InChI=1S/C12H5BrN4O2/c13-7-1-2-10(8(3-7)12(18)19)17-6-16-9(4-14)11(17)5-15/h1-3,6H,(H,18,19). The molecule has 1 aromatic carbocycles. The van der Waals surface area contributed by atoms with Crippen molar-refractivity contribution in [3.8, 4) is 17.8 Å². The van der Waals surface area contributed by atoms with E-state index in [1.165, 1.54) is 23.0 Å². The van der Waals surface area contributed by atoms with Crippen LogP contribution < -0.4 is 0 Å². The predicted molar refractivity (Wildman–Crippen MR) is 67.7 cm³/mol. The monoisotopic (exact) mass is 316 g/mol. The number of carbonyl (C=O) groups is 1. The van der Waals surface area contributed by atoms with E-state index in [0.717, 1.165) is 0 Å². The van der Waals surface area contributed by atoms with E-state index in [-0.39, 0.29) is 22.6 Å². The number of nitriles is 2. The minimum Gasteiger partial charge on any atom is -0.478 e. The van der Waals surface area contributed by atoms with Crippen molar-refractivity contribution in [1.82, 2.24) is 9.55 Å². The van der Waals surface area contributed by atoms with Crippen LogP contribution >= 0.6 is 15.9 Å². The molecule has 1 heterocycles. The minimum atomic E-state index is -1.13. The molecule has 0 radical (unpaired) electrons. The van der Waals surface area contributed by atoms with Crippen molar-refractivity contribution in [3.05, 3.63) is 46.0 Å². The second-order valence-electron chi connectivity index (χ2n) is 3.50. The van der Waals surface area contributed by atoms with Gasteiger partial charge in [0.2, 0.25) is 0 Å². The number of imidazole rings is 1. The summed E-state index contributed by atoms with van der Waals surface area (Å²) in [6, 6.07) is 8.24. The fourth-order valence-corrected chi connectivity index (χ4v) is 1.97. The molecule has 0 saturated heterocycles. The van der Waals surface area contributed by atoms with Crippen molar-refractivity contribution in [2.24, 2.45) is 0 Å². The summed E-state index contributed by atoms with van der Waals surface area (Å²) in [6.45, 7) is 0. The van der Waals surface area contributed by atoms with Crippen molar-refractivity contribution >= 4 is 21.9 Å². The van der Waals surface area contributed by atoms with Crippen LogP contribution in [0.2, 0.25) is 0 Å². The third-order valence-electron chi connectivity index (χ3n) is 2.43. The van der Waals surface area contributed by atoms with E-state index in [2.05, 4.69) is 20.9 Å². The third-order valence-corrected chi connectivity index (χ3v) is 2.92. The Morgan fingerprint density at radius 2 is 2.11 bits per heavy atom. The van der Waals surface area contributed by atoms with Crippen LogP contribution in [-0.4, -0.2) is 20.6 Å². The first kappa shape index (κ1) is 12.8. The number of aromatic nitrogens is 2. The number of hydrogen-bond donors (Lipinski definition) is 1. The lowest BCUT2D eigenvalue weighted by Gasteiger charge is -2.08. The topological polar surface area (TPSA) is 103 Å². The number of carboxylic acids is 1. The van der Waals surface area contributed by atoms with Gasteiger partial charge in [-0.05, 0) is 18.2 Å². The maximum absolute atomic E-state index is 11.2. The first-order valence-electron chi connectivity index (χ1n) is 4.99. The van der Waals surface area contributed by atoms with Crippen molar-refractivity contribution in [2.75, 3.05) is 0 Å². The average molecular weight is 317 g/mol. The van der Waals surface area contributed by atoms with Crippen LogP contribution in [0.25, 0.3) is 5.69 Å². The summed E-state index contributed by atoms with van der Waals surface area (Å²) in [6.07, 6.45) is 1.26. The molecule has 0 spiro atoms. The molecule has 0 bridgehead atoms. The summed E-state index contributed by atoms with van der Waals surface area (Å²) < 4.78 is 1.89. The van der Waals surface area contributed by atoms with Gasteiger partial charge in [-0.1, -0.05) is 15.9 Å². The van der Waals surface area contributed by atoms with Gasteiger partial charge in [-0.25, -0.2) is 9.78 Å². The molecule has 0 amide bonds. The van der Waals surface area contributed by atoms with Gasteiger partial charge in [0.1, 0.15) is 18.5 Å². The predicted octanol–water partition coefficient (Wildman–Crippen LogP) is 2.08. The lowest BCUT2D eigenvalue weighted by molar-refractivity contribution is 0.0697. The Labute approximate surface area is 116 Å². The van der Waals surface area contributed by atoms with Gasteiger partial charge in [-0.2, -0.15) is 10.5 Å². The number of carboxylic acid groups (broad SMARTS) is 1. The van der Waals surface area contributed by atoms with Gasteiger partial charge in [-0.15, -0.1) is 0 Å². The highest BCUT2D eigenvalue weighted by molar-refractivity contribution is 9.10. The van der Waals surface area contributed by atoms with Gasteiger partial charge in [0.25, 0.3) is 0 Å². The fourth-order valence-electron chi connectivity index (χ4n) is 1.61. The van der Waals surface area contributed by atoms with E-state index in [1.807, 2.05) is 6.07 Å². The Kier molecular flexibility index (Phi) is 3.32. The van der Waals surface area contributed by atoms with E-state index < -0.39 is 5.97 Å². The normalized spacial score (nSPS) is 9.63. The lowest BCUT2D eigenvalue weighted by atomic mass is 10.1. The Balaban J connectivity index is 2.74. The molecule has 1 N–H and O–H groups in total. The van der Waals surface area contributed by atoms with Gasteiger partial charge in [0.05, 0.1) is 11.3 Å². The molecule has 1 aromatic heterocycles. The summed E-state index contributed by atoms with van der Waals surface area (Å²) in [5.74, 6) is -1.13. The van der Waals surface area contributed by atoms with Gasteiger partial charge >= 0.3 is 5.97 Å². The van der Waals surface area contributed by atoms with E-state index in [1.54, 1.807) is 12.1 Å². The van der Waals surface area contributed by atoms with E-state index in [0.29, 0.717) is 4.47 Å². The van der Waals surface area contributed by atoms with Crippen LogP contribution in [-0.2, 0) is 0 Å². The first-order valence-corrected chi connectivity index (χ1v) is 5.78. The molecule has 0 aliphatic heterocycles. The van der Waals surface area contributed by atoms with Gasteiger partial charge < -0.3 is 5.11 Å². The van der Waals surface area contributed by atoms with Crippen LogP contribution in [0.15, 0.2) is 29.0 Å². The van der Waals surface area contributed by atoms with Crippen LogP contribution in [0.1, 0.15) is 21.7 Å². The molecule has 7 heteroatoms. The van der Waals surface area contributed by atoms with Crippen molar-refractivity contribution in [1.29, 1.82) is 10.5 Å². The highest BCUT2D eigenvalue weighted by Crippen LogP contribution is 2.22. The smallest absolute Gasteiger partial charge is 0.337 e. The molecular weight excluding hydrogens is 312 g/mol. The lowest BCUT2D eigenvalue weighted by Crippen LogP contribution is -2.06. The second kappa shape index (κ2) is 4.92. The maximum Gasteiger partial charge on any atom is 0.337 e. The van der Waals surface area contributed by atoms with Crippen molar-refractivity contribution in [2.45, 2.75) is 0 Å². The van der Waals surface area contributed by atoms with Crippen LogP contribution in [0.3, 0.4) is 0 Å². The Morgan fingerprint density at radius 1 is 1.37 bits per heavy atom. The summed E-state index contributed by atoms with van der Waals surface area (Å²) in [4.78, 5) is 15.0. The number of aromatic carboxylic acids is 1. The average Bonchev–Trinajstić information content (AvgIpc) is 2.81. The molecule has 0 atom stereocenters. The number of halogens is 1. The van der Waals surface area contributed by atoms with Gasteiger partial charge in [0.15, 0.2) is 11.4 Å². The zero-order chi connectivity index (χ0) is 14.0. The van der Waals surface area contributed by atoms with E-state index in [9.17, 15) is 9.90 Å². The second-order valence-corrected chi connectivity index (χ2v) is 4.42. The molecule has 0 unspecified atom stereocenters. The van der Waals surface area contributed by atoms with Crippen molar-refractivity contribution in [3.63, 3.8) is 0 Å². The Morgan fingerprint density at radius 3 is 2.68 bits per heavy atom. The number of nitrogens with zero attached hydrogens (tertiary/aromatic N) is 4. The molecule has 2 aromatic rings.